The van der Waals surface area contributed by atoms with Crippen LogP contribution in [0, 0.1) is 23.0 Å². The molecule has 0 aromatic heterocycles. The molecule has 20 heavy (non-hydrogen) atoms. The maximum Gasteiger partial charge on any atom is 0.131 e. The van der Waals surface area contributed by atoms with Crippen molar-refractivity contribution in [3.8, 4) is 17.2 Å². The summed E-state index contributed by atoms with van der Waals surface area (Å²) in [5.41, 5.74) is 1.76. The molecule has 0 bridgehead atoms. The highest BCUT2D eigenvalue weighted by molar-refractivity contribution is 5.66. The van der Waals surface area contributed by atoms with Crippen LogP contribution in [-0.4, -0.2) is 6.54 Å². The number of nitriles is 1. The first-order chi connectivity index (χ1) is 9.63. The first-order valence-corrected chi connectivity index (χ1v) is 6.34. The Kier molecular flexibility index (Phi) is 4.44. The Labute approximate surface area is 116 Å². The second kappa shape index (κ2) is 6.27. The fraction of sp³-hybridized carbons (Fsp3) is 0.188. The molecule has 0 amide bonds. The van der Waals surface area contributed by atoms with Crippen LogP contribution in [0.1, 0.15) is 18.1 Å². The minimum atomic E-state index is -0.546. The molecule has 102 valence electrons. The summed E-state index contributed by atoms with van der Waals surface area (Å²) in [7, 11) is 0. The number of nitrogens with zero attached hydrogens (tertiary/aromatic N) is 1. The van der Waals surface area contributed by atoms with Gasteiger partial charge in [-0.15, -0.1) is 0 Å². The van der Waals surface area contributed by atoms with E-state index in [1.54, 1.807) is 12.1 Å². The largest absolute Gasteiger partial charge is 0.313 e. The molecule has 0 saturated heterocycles. The number of hydrogen-bond donors (Lipinski definition) is 1. The van der Waals surface area contributed by atoms with Crippen LogP contribution in [0.4, 0.5) is 8.78 Å². The van der Waals surface area contributed by atoms with Gasteiger partial charge >= 0.3 is 0 Å². The minimum Gasteiger partial charge on any atom is -0.313 e. The summed E-state index contributed by atoms with van der Waals surface area (Å²) in [6.45, 7) is 3.41. The van der Waals surface area contributed by atoms with E-state index in [-0.39, 0.29) is 5.56 Å². The quantitative estimate of drug-likeness (QED) is 0.922. The molecule has 2 aromatic carbocycles. The Balaban J connectivity index is 2.46. The molecule has 0 aliphatic carbocycles. The van der Waals surface area contributed by atoms with E-state index in [9.17, 15) is 8.78 Å². The van der Waals surface area contributed by atoms with E-state index in [1.165, 1.54) is 18.2 Å². The van der Waals surface area contributed by atoms with Crippen molar-refractivity contribution in [3.63, 3.8) is 0 Å². The lowest BCUT2D eigenvalue weighted by Gasteiger charge is -2.08. The Hall–Kier alpha value is -2.25. The van der Waals surface area contributed by atoms with Gasteiger partial charge in [-0.2, -0.15) is 5.26 Å². The summed E-state index contributed by atoms with van der Waals surface area (Å²) in [6, 6.07) is 10.4. The second-order valence-corrected chi connectivity index (χ2v) is 4.43. The lowest BCUT2D eigenvalue weighted by molar-refractivity contribution is 0.623. The number of benzene rings is 2. The smallest absolute Gasteiger partial charge is 0.131 e. The fourth-order valence-electron chi connectivity index (χ4n) is 1.98. The molecule has 0 fully saturated rings. The Morgan fingerprint density at radius 2 is 1.95 bits per heavy atom. The molecule has 2 aromatic rings. The maximum atomic E-state index is 13.9. The van der Waals surface area contributed by atoms with Gasteiger partial charge in [-0.25, -0.2) is 8.78 Å². The molecule has 0 radical (unpaired) electrons. The summed E-state index contributed by atoms with van der Waals surface area (Å²) >= 11 is 0. The highest BCUT2D eigenvalue weighted by Crippen LogP contribution is 2.26. The van der Waals surface area contributed by atoms with Crippen LogP contribution < -0.4 is 5.32 Å². The Morgan fingerprint density at radius 1 is 1.15 bits per heavy atom. The van der Waals surface area contributed by atoms with E-state index in [0.717, 1.165) is 18.2 Å². The van der Waals surface area contributed by atoms with Gasteiger partial charge in [-0.05, 0) is 48.0 Å². The van der Waals surface area contributed by atoms with Crippen molar-refractivity contribution < 1.29 is 8.78 Å². The van der Waals surface area contributed by atoms with E-state index >= 15 is 0 Å². The molecule has 4 heteroatoms. The van der Waals surface area contributed by atoms with Crippen molar-refractivity contribution in [1.29, 1.82) is 5.26 Å². The van der Waals surface area contributed by atoms with Gasteiger partial charge < -0.3 is 5.32 Å². The molecular weight excluding hydrogens is 258 g/mol. The van der Waals surface area contributed by atoms with Gasteiger partial charge in [0.15, 0.2) is 0 Å². The monoisotopic (exact) mass is 272 g/mol. The predicted octanol–water partition coefficient (Wildman–Crippen LogP) is 3.61. The zero-order valence-corrected chi connectivity index (χ0v) is 11.1. The van der Waals surface area contributed by atoms with Crippen molar-refractivity contribution in [2.75, 3.05) is 6.54 Å². The van der Waals surface area contributed by atoms with Crippen LogP contribution >= 0.6 is 0 Å². The van der Waals surface area contributed by atoms with E-state index < -0.39 is 11.6 Å². The molecule has 0 spiro atoms. The predicted molar refractivity (Wildman–Crippen MR) is 73.9 cm³/mol. The van der Waals surface area contributed by atoms with E-state index in [4.69, 9.17) is 5.26 Å². The standard InChI is InChI=1S/C16H14F2N2/c1-2-20-10-11-3-4-16(18)15(7-11)13-5-12(9-19)6-14(17)8-13/h3-8,20H,2,10H2,1H3. The van der Waals surface area contributed by atoms with Crippen molar-refractivity contribution in [1.82, 2.24) is 5.32 Å². The third kappa shape index (κ3) is 3.19. The fourth-order valence-corrected chi connectivity index (χ4v) is 1.98. The highest BCUT2D eigenvalue weighted by atomic mass is 19.1. The van der Waals surface area contributed by atoms with Gasteiger partial charge in [0.2, 0.25) is 0 Å². The maximum absolute atomic E-state index is 13.9. The zero-order chi connectivity index (χ0) is 14.5. The number of rotatable bonds is 4. The molecule has 0 atom stereocenters. The number of hydrogen-bond acceptors (Lipinski definition) is 2. The molecule has 0 saturated carbocycles. The summed E-state index contributed by atoms with van der Waals surface area (Å²) in [5.74, 6) is -0.977. The molecule has 0 aliphatic heterocycles. The van der Waals surface area contributed by atoms with Gasteiger partial charge in [0.25, 0.3) is 0 Å². The van der Waals surface area contributed by atoms with E-state index in [2.05, 4.69) is 5.32 Å². The van der Waals surface area contributed by atoms with Crippen LogP contribution in [0.15, 0.2) is 36.4 Å². The van der Waals surface area contributed by atoms with Crippen molar-refractivity contribution >= 4 is 0 Å². The van der Waals surface area contributed by atoms with Crippen LogP contribution in [0.25, 0.3) is 11.1 Å². The number of halogens is 2. The Bertz CT molecular complexity index is 660. The first-order valence-electron chi connectivity index (χ1n) is 6.34. The van der Waals surface area contributed by atoms with Crippen molar-refractivity contribution in [3.05, 3.63) is 59.2 Å². The summed E-state index contributed by atoms with van der Waals surface area (Å²) in [6.07, 6.45) is 0. The molecule has 1 N–H and O–H groups in total. The van der Waals surface area contributed by atoms with Gasteiger partial charge in [0, 0.05) is 12.1 Å². The van der Waals surface area contributed by atoms with Gasteiger partial charge in [-0.1, -0.05) is 13.0 Å². The summed E-state index contributed by atoms with van der Waals surface area (Å²) in [5, 5.41) is 12.0. The molecule has 2 nitrogen and oxygen atoms in total. The number of nitrogens with one attached hydrogen (secondary N) is 1. The van der Waals surface area contributed by atoms with Gasteiger partial charge in [0.05, 0.1) is 11.6 Å². The highest BCUT2D eigenvalue weighted by Gasteiger charge is 2.09. The van der Waals surface area contributed by atoms with Gasteiger partial charge in [0.1, 0.15) is 11.6 Å². The lowest BCUT2D eigenvalue weighted by atomic mass is 10.0. The van der Waals surface area contributed by atoms with Crippen LogP contribution in [0.3, 0.4) is 0 Å². The Morgan fingerprint density at radius 3 is 2.65 bits per heavy atom. The third-order valence-corrected chi connectivity index (χ3v) is 2.95. The molecule has 2 rings (SSSR count). The summed E-state index contributed by atoms with van der Waals surface area (Å²) < 4.78 is 27.4. The van der Waals surface area contributed by atoms with Crippen LogP contribution in [0.2, 0.25) is 0 Å². The molecule has 0 heterocycles. The average molecular weight is 272 g/mol. The average Bonchev–Trinajstić information content (AvgIpc) is 2.45. The molecule has 0 aliphatic rings. The normalized spacial score (nSPS) is 10.3. The van der Waals surface area contributed by atoms with Crippen molar-refractivity contribution in [2.24, 2.45) is 0 Å². The van der Waals surface area contributed by atoms with Crippen LogP contribution in [0.5, 0.6) is 0 Å². The topological polar surface area (TPSA) is 35.8 Å². The van der Waals surface area contributed by atoms with E-state index in [1.807, 2.05) is 13.0 Å². The molecular formula is C16H14F2N2. The van der Waals surface area contributed by atoms with E-state index in [0.29, 0.717) is 17.7 Å². The zero-order valence-electron chi connectivity index (χ0n) is 11.1. The van der Waals surface area contributed by atoms with Crippen molar-refractivity contribution in [2.45, 2.75) is 13.5 Å². The lowest BCUT2D eigenvalue weighted by Crippen LogP contribution is -2.11. The SMILES string of the molecule is CCNCc1ccc(F)c(-c2cc(F)cc(C#N)c2)c1. The van der Waals surface area contributed by atoms with Gasteiger partial charge in [-0.3, -0.25) is 0 Å². The second-order valence-electron chi connectivity index (χ2n) is 4.43. The minimum absolute atomic E-state index is 0.177. The summed E-state index contributed by atoms with van der Waals surface area (Å²) in [4.78, 5) is 0. The third-order valence-electron chi connectivity index (χ3n) is 2.95. The molecule has 0 unspecified atom stereocenters. The first kappa shape index (κ1) is 14.2. The van der Waals surface area contributed by atoms with Crippen LogP contribution in [-0.2, 0) is 6.54 Å².